The van der Waals surface area contributed by atoms with E-state index in [0.717, 1.165) is 36.5 Å². The maximum absolute atomic E-state index is 14.5. The van der Waals surface area contributed by atoms with Gasteiger partial charge in [0.15, 0.2) is 17.2 Å². The molecule has 4 aliphatic carbocycles. The number of Topliss-reactive ketones (excluding diaryl/α,β-unsaturated/α-hetero) is 3. The molecule has 1 saturated carbocycles. The van der Waals surface area contributed by atoms with E-state index in [9.17, 15) is 34.8 Å². The lowest BCUT2D eigenvalue weighted by Crippen LogP contribution is -2.67. The number of aliphatic hydroxyl groups excluding tert-OH is 2. The molecular formula is C39H46O7. The summed E-state index contributed by atoms with van der Waals surface area (Å²) < 4.78 is 0. The van der Waals surface area contributed by atoms with Gasteiger partial charge in [-0.1, -0.05) is 84.6 Å². The second kappa shape index (κ2) is 10.9. The van der Waals surface area contributed by atoms with Crippen LogP contribution in [0.5, 0.6) is 5.75 Å². The average molecular weight is 627 g/mol. The molecule has 0 bridgehead atoms. The Labute approximate surface area is 271 Å². The van der Waals surface area contributed by atoms with E-state index >= 15 is 0 Å². The molecule has 4 atom stereocenters. The third-order valence-corrected chi connectivity index (χ3v) is 11.7. The van der Waals surface area contributed by atoms with Crippen LogP contribution in [-0.2, 0) is 28.9 Å². The Morgan fingerprint density at radius 3 is 2.28 bits per heavy atom. The highest BCUT2D eigenvalue weighted by Gasteiger charge is 2.71. The van der Waals surface area contributed by atoms with E-state index in [-0.39, 0.29) is 41.4 Å². The summed E-state index contributed by atoms with van der Waals surface area (Å²) in [5.74, 6) is -4.39. The molecule has 0 heterocycles. The number of phenolic OH excluding ortho intramolecular Hbond substituents is 1. The van der Waals surface area contributed by atoms with Gasteiger partial charge in [-0.15, -0.1) is 0 Å². The zero-order valence-corrected chi connectivity index (χ0v) is 27.8. The molecule has 244 valence electrons. The number of phenols is 1. The Morgan fingerprint density at radius 1 is 1.00 bits per heavy atom. The molecule has 0 amide bonds. The van der Waals surface area contributed by atoms with Crippen LogP contribution in [-0.4, -0.2) is 43.4 Å². The smallest absolute Gasteiger partial charge is 0.209 e. The number of hydrogen-bond acceptors (Lipinski definition) is 7. The molecule has 0 spiro atoms. The summed E-state index contributed by atoms with van der Waals surface area (Å²) in [7, 11) is 0. The Morgan fingerprint density at radius 2 is 1.67 bits per heavy atom. The van der Waals surface area contributed by atoms with Crippen molar-refractivity contribution in [1.29, 1.82) is 0 Å². The number of fused-ring (bicyclic) bond motifs is 3. The fraction of sp³-hybridized carbons (Fsp3) is 0.513. The SMILES string of the molecule is CCc1ccc(CC2CCCC2)cc1-c1ccc(O)c2c1C[C@]1(C)C[C@]3(C)C(C(C)C)C(O)=C(C(C)=O)C(=O)[C@]3(O)C(O)=C1C2=O. The van der Waals surface area contributed by atoms with Crippen molar-refractivity contribution in [3.05, 3.63) is 75.3 Å². The van der Waals surface area contributed by atoms with Crippen molar-refractivity contribution in [2.75, 3.05) is 0 Å². The predicted octanol–water partition coefficient (Wildman–Crippen LogP) is 7.31. The van der Waals surface area contributed by atoms with Gasteiger partial charge in [0.1, 0.15) is 22.8 Å². The van der Waals surface area contributed by atoms with Gasteiger partial charge in [-0.3, -0.25) is 14.4 Å². The van der Waals surface area contributed by atoms with E-state index in [1.54, 1.807) is 6.92 Å². The van der Waals surface area contributed by atoms with Crippen molar-refractivity contribution >= 4 is 17.3 Å². The van der Waals surface area contributed by atoms with Gasteiger partial charge < -0.3 is 20.4 Å². The highest BCUT2D eigenvalue weighted by Crippen LogP contribution is 2.65. The van der Waals surface area contributed by atoms with E-state index in [1.165, 1.54) is 37.3 Å². The van der Waals surface area contributed by atoms with Crippen LogP contribution in [0.25, 0.3) is 11.1 Å². The molecule has 0 saturated heterocycles. The van der Waals surface area contributed by atoms with Crippen molar-refractivity contribution in [3.8, 4) is 16.9 Å². The molecule has 1 fully saturated rings. The topological polar surface area (TPSA) is 132 Å². The molecular weight excluding hydrogens is 580 g/mol. The number of carbonyl (C=O) groups is 3. The molecule has 0 aromatic heterocycles. The highest BCUT2D eigenvalue weighted by molar-refractivity contribution is 6.25. The van der Waals surface area contributed by atoms with Crippen LogP contribution in [0.2, 0.25) is 0 Å². The first-order chi connectivity index (χ1) is 21.6. The molecule has 7 heteroatoms. The van der Waals surface area contributed by atoms with Gasteiger partial charge in [0, 0.05) is 22.3 Å². The second-order valence-corrected chi connectivity index (χ2v) is 15.1. The number of aromatic hydroxyl groups is 1. The molecule has 0 radical (unpaired) electrons. The summed E-state index contributed by atoms with van der Waals surface area (Å²) in [6, 6.07) is 9.95. The van der Waals surface area contributed by atoms with Crippen LogP contribution >= 0.6 is 0 Å². The summed E-state index contributed by atoms with van der Waals surface area (Å²) in [4.78, 5) is 41.1. The van der Waals surface area contributed by atoms with Gasteiger partial charge in [0.25, 0.3) is 0 Å². The number of allylic oxidation sites excluding steroid dienone is 2. The third-order valence-electron chi connectivity index (χ3n) is 11.7. The van der Waals surface area contributed by atoms with E-state index < -0.39 is 51.0 Å². The number of hydrogen-bond donors (Lipinski definition) is 4. The molecule has 4 aliphatic rings. The lowest BCUT2D eigenvalue weighted by molar-refractivity contribution is -0.171. The van der Waals surface area contributed by atoms with Crippen LogP contribution in [0.4, 0.5) is 0 Å². The van der Waals surface area contributed by atoms with Gasteiger partial charge >= 0.3 is 0 Å². The van der Waals surface area contributed by atoms with E-state index in [0.29, 0.717) is 11.5 Å². The summed E-state index contributed by atoms with van der Waals surface area (Å²) >= 11 is 0. The molecule has 0 aliphatic heterocycles. The largest absolute Gasteiger partial charge is 0.511 e. The maximum atomic E-state index is 14.5. The van der Waals surface area contributed by atoms with E-state index in [2.05, 4.69) is 25.1 Å². The molecule has 2 aromatic carbocycles. The number of aryl methyl sites for hydroxylation is 1. The van der Waals surface area contributed by atoms with Crippen LogP contribution in [0.3, 0.4) is 0 Å². The van der Waals surface area contributed by atoms with Crippen molar-refractivity contribution in [1.82, 2.24) is 0 Å². The normalized spacial score (nSPS) is 29.7. The molecule has 7 nitrogen and oxygen atoms in total. The molecule has 46 heavy (non-hydrogen) atoms. The van der Waals surface area contributed by atoms with Crippen molar-refractivity contribution in [2.24, 2.45) is 28.6 Å². The van der Waals surface area contributed by atoms with Crippen molar-refractivity contribution in [3.63, 3.8) is 0 Å². The second-order valence-electron chi connectivity index (χ2n) is 15.1. The van der Waals surface area contributed by atoms with Gasteiger partial charge in [-0.2, -0.15) is 0 Å². The minimum atomic E-state index is -2.62. The summed E-state index contributed by atoms with van der Waals surface area (Å²) in [6.45, 7) is 10.4. The minimum Gasteiger partial charge on any atom is -0.511 e. The van der Waals surface area contributed by atoms with Crippen LogP contribution in [0.15, 0.2) is 53.0 Å². The first-order valence-electron chi connectivity index (χ1n) is 16.8. The van der Waals surface area contributed by atoms with Gasteiger partial charge in [0.2, 0.25) is 5.78 Å². The standard InChI is InChI=1S/C39H46O7/c1-7-24-13-12-23(16-22-10-8-9-11-22)17-26(24)25-14-15-28(41)30-27(25)18-37(5)19-38(6)31(20(2)3)33(42)29(21(4)40)35(44)39(38,46)36(45)32(37)34(30)43/h12-15,17,20,22,31,41-42,45-46H,7-11,16,18-19H2,1-6H3/t31?,37-,38-,39+/m1/s1. The fourth-order valence-corrected chi connectivity index (χ4v) is 9.84. The van der Waals surface area contributed by atoms with Crippen LogP contribution in [0.1, 0.15) is 101 Å². The molecule has 1 unspecified atom stereocenters. The first-order valence-corrected chi connectivity index (χ1v) is 16.8. The summed E-state index contributed by atoms with van der Waals surface area (Å²) in [6.07, 6.45) is 7.09. The summed E-state index contributed by atoms with van der Waals surface area (Å²) in [5.41, 5.74) is -0.856. The van der Waals surface area contributed by atoms with Crippen LogP contribution < -0.4 is 0 Å². The predicted molar refractivity (Wildman–Crippen MR) is 176 cm³/mol. The highest BCUT2D eigenvalue weighted by atomic mass is 16.3. The van der Waals surface area contributed by atoms with Crippen molar-refractivity contribution in [2.45, 2.75) is 98.5 Å². The Hall–Kier alpha value is -3.71. The third kappa shape index (κ3) is 4.37. The first kappa shape index (κ1) is 32.2. The quantitative estimate of drug-likeness (QED) is 0.247. The number of benzene rings is 2. The molecule has 2 aromatic rings. The van der Waals surface area contributed by atoms with Gasteiger partial charge in [-0.25, -0.2) is 0 Å². The summed E-state index contributed by atoms with van der Waals surface area (Å²) in [5, 5.41) is 46.8. The number of carbonyl (C=O) groups excluding carboxylic acids is 3. The lowest BCUT2D eigenvalue weighted by atomic mass is 9.44. The van der Waals surface area contributed by atoms with Gasteiger partial charge in [0.05, 0.1) is 5.56 Å². The fourth-order valence-electron chi connectivity index (χ4n) is 9.84. The minimum absolute atomic E-state index is 0.0563. The maximum Gasteiger partial charge on any atom is 0.209 e. The molecule has 6 rings (SSSR count). The number of rotatable bonds is 6. The number of aliphatic hydroxyl groups is 3. The Bertz CT molecular complexity index is 1740. The average Bonchev–Trinajstić information content (AvgIpc) is 3.48. The Kier molecular flexibility index (Phi) is 7.66. The van der Waals surface area contributed by atoms with Crippen molar-refractivity contribution < 1.29 is 34.8 Å². The zero-order valence-electron chi connectivity index (χ0n) is 27.8. The zero-order chi connectivity index (χ0) is 33.5. The lowest BCUT2D eigenvalue weighted by Gasteiger charge is -2.59. The van der Waals surface area contributed by atoms with E-state index in [1.807, 2.05) is 26.8 Å². The van der Waals surface area contributed by atoms with Gasteiger partial charge in [-0.05, 0) is 78.3 Å². The van der Waals surface area contributed by atoms with E-state index in [4.69, 9.17) is 0 Å². The monoisotopic (exact) mass is 626 g/mol. The van der Waals surface area contributed by atoms with Crippen LogP contribution in [0, 0.1) is 28.6 Å². The Balaban J connectivity index is 1.56. The molecule has 4 N–H and O–H groups in total. The number of ketones is 3.